The van der Waals surface area contributed by atoms with Crippen LogP contribution in [0.25, 0.3) is 0 Å². The molecule has 8 nitrogen and oxygen atoms in total. The number of aromatic nitrogens is 4. The van der Waals surface area contributed by atoms with E-state index in [4.69, 9.17) is 0 Å². The molecule has 0 aliphatic carbocycles. The SMILES string of the molecule is Cc1nc(NCc2cnn(C[C@@H](C)c3ccc(F)cc3)c2)nc2c1NC(=O)[C@H](C)N2C. The standard InChI is InChI=1S/C22H26FN7O/c1-13(17-5-7-18(23)8-6-17)11-30-12-16(10-25-30)9-24-22-26-14(2)19-20(28-22)29(4)15(3)21(31)27-19/h5-8,10,12-13,15H,9,11H2,1-4H3,(H,27,31)(H,24,26,28)/t13-,15+/m1/s1. The van der Waals surface area contributed by atoms with Gasteiger partial charge in [-0.2, -0.15) is 10.1 Å². The number of nitrogens with zero attached hydrogens (tertiary/aromatic N) is 5. The van der Waals surface area contributed by atoms with Crippen molar-refractivity contribution in [1.82, 2.24) is 19.7 Å². The summed E-state index contributed by atoms with van der Waals surface area (Å²) in [5.41, 5.74) is 3.43. The van der Waals surface area contributed by atoms with Gasteiger partial charge in [0.15, 0.2) is 5.82 Å². The molecule has 3 aromatic rings. The van der Waals surface area contributed by atoms with Gasteiger partial charge in [-0.3, -0.25) is 9.48 Å². The smallest absolute Gasteiger partial charge is 0.246 e. The maximum Gasteiger partial charge on any atom is 0.246 e. The van der Waals surface area contributed by atoms with Crippen LogP contribution in [0.1, 0.15) is 36.6 Å². The fourth-order valence-corrected chi connectivity index (χ4v) is 3.58. The zero-order valence-corrected chi connectivity index (χ0v) is 18.1. The third-order valence-corrected chi connectivity index (χ3v) is 5.65. The second-order valence-electron chi connectivity index (χ2n) is 7.98. The Labute approximate surface area is 180 Å². The first-order valence-electron chi connectivity index (χ1n) is 10.2. The second-order valence-corrected chi connectivity index (χ2v) is 7.98. The van der Waals surface area contributed by atoms with Crippen LogP contribution >= 0.6 is 0 Å². The molecule has 2 aromatic heterocycles. The van der Waals surface area contributed by atoms with E-state index in [1.165, 1.54) is 12.1 Å². The number of carbonyl (C=O) groups excluding carboxylic acids is 1. The minimum Gasteiger partial charge on any atom is -0.350 e. The largest absolute Gasteiger partial charge is 0.350 e. The Hall–Kier alpha value is -3.49. The molecule has 1 aliphatic heterocycles. The molecule has 2 N–H and O–H groups in total. The van der Waals surface area contributed by atoms with E-state index in [-0.39, 0.29) is 23.7 Å². The van der Waals surface area contributed by atoms with Crippen LogP contribution in [0.2, 0.25) is 0 Å². The molecule has 3 heterocycles. The topological polar surface area (TPSA) is 88.0 Å². The van der Waals surface area contributed by atoms with Crippen molar-refractivity contribution in [3.63, 3.8) is 0 Å². The predicted octanol–water partition coefficient (Wildman–Crippen LogP) is 3.31. The molecule has 0 radical (unpaired) electrons. The second kappa shape index (κ2) is 8.33. The lowest BCUT2D eigenvalue weighted by atomic mass is 10.0. The molecule has 0 unspecified atom stereocenters. The molecular formula is C22H26FN7O. The normalized spacial score (nSPS) is 16.6. The van der Waals surface area contributed by atoms with Crippen molar-refractivity contribution in [3.05, 3.63) is 59.3 Å². The van der Waals surface area contributed by atoms with Gasteiger partial charge in [0.2, 0.25) is 11.9 Å². The average Bonchev–Trinajstić information content (AvgIpc) is 3.19. The zero-order valence-electron chi connectivity index (χ0n) is 18.1. The Morgan fingerprint density at radius 3 is 2.74 bits per heavy atom. The highest BCUT2D eigenvalue weighted by molar-refractivity contribution is 6.03. The van der Waals surface area contributed by atoms with E-state index in [0.29, 0.717) is 36.2 Å². The number of hydrogen-bond acceptors (Lipinski definition) is 6. The summed E-state index contributed by atoms with van der Waals surface area (Å²) in [4.78, 5) is 23.0. The molecule has 0 saturated carbocycles. The number of likely N-dealkylation sites (N-methyl/N-ethyl adjacent to an activating group) is 1. The molecule has 0 bridgehead atoms. The Morgan fingerprint density at radius 2 is 2.00 bits per heavy atom. The van der Waals surface area contributed by atoms with E-state index in [9.17, 15) is 9.18 Å². The Kier molecular flexibility index (Phi) is 5.58. The molecule has 162 valence electrons. The van der Waals surface area contributed by atoms with Crippen molar-refractivity contribution in [3.8, 4) is 0 Å². The summed E-state index contributed by atoms with van der Waals surface area (Å²) in [5, 5.41) is 10.6. The highest BCUT2D eigenvalue weighted by Crippen LogP contribution is 2.32. The highest BCUT2D eigenvalue weighted by Gasteiger charge is 2.30. The number of aryl methyl sites for hydroxylation is 1. The van der Waals surface area contributed by atoms with Gasteiger partial charge in [-0.1, -0.05) is 19.1 Å². The van der Waals surface area contributed by atoms with E-state index in [1.54, 1.807) is 0 Å². The summed E-state index contributed by atoms with van der Waals surface area (Å²) in [6.45, 7) is 7.00. The first-order chi connectivity index (χ1) is 14.8. The van der Waals surface area contributed by atoms with Gasteiger partial charge in [0.1, 0.15) is 17.5 Å². The first-order valence-corrected chi connectivity index (χ1v) is 10.2. The van der Waals surface area contributed by atoms with Crippen LogP contribution < -0.4 is 15.5 Å². The quantitative estimate of drug-likeness (QED) is 0.633. The van der Waals surface area contributed by atoms with Crippen LogP contribution in [0, 0.1) is 12.7 Å². The predicted molar refractivity (Wildman–Crippen MR) is 118 cm³/mol. The van der Waals surface area contributed by atoms with Gasteiger partial charge in [-0.25, -0.2) is 9.37 Å². The van der Waals surface area contributed by atoms with Crippen LogP contribution in [0.5, 0.6) is 0 Å². The lowest BCUT2D eigenvalue weighted by Gasteiger charge is -2.32. The van der Waals surface area contributed by atoms with Gasteiger partial charge in [0, 0.05) is 37.8 Å². The molecule has 4 rings (SSSR count). The molecule has 2 atom stereocenters. The Morgan fingerprint density at radius 1 is 1.26 bits per heavy atom. The van der Waals surface area contributed by atoms with Crippen LogP contribution in [0.4, 0.5) is 21.8 Å². The van der Waals surface area contributed by atoms with E-state index in [0.717, 1.165) is 11.1 Å². The van der Waals surface area contributed by atoms with Gasteiger partial charge >= 0.3 is 0 Å². The molecule has 1 amide bonds. The molecule has 1 aliphatic rings. The molecule has 31 heavy (non-hydrogen) atoms. The summed E-state index contributed by atoms with van der Waals surface area (Å²) in [6, 6.07) is 6.28. The fourth-order valence-electron chi connectivity index (χ4n) is 3.58. The van der Waals surface area contributed by atoms with Gasteiger partial charge in [0.25, 0.3) is 0 Å². The number of rotatable bonds is 6. The lowest BCUT2D eigenvalue weighted by Crippen LogP contribution is -2.44. The number of halogens is 1. The summed E-state index contributed by atoms with van der Waals surface area (Å²) in [6.07, 6.45) is 3.79. The highest BCUT2D eigenvalue weighted by atomic mass is 19.1. The molecule has 9 heteroatoms. The van der Waals surface area contributed by atoms with Gasteiger partial charge in [0.05, 0.1) is 11.9 Å². The van der Waals surface area contributed by atoms with Crippen molar-refractivity contribution in [2.45, 2.75) is 45.8 Å². The summed E-state index contributed by atoms with van der Waals surface area (Å²) < 4.78 is 15.0. The molecule has 1 aromatic carbocycles. The van der Waals surface area contributed by atoms with Crippen molar-refractivity contribution in [2.24, 2.45) is 0 Å². The number of nitrogens with one attached hydrogen (secondary N) is 2. The third-order valence-electron chi connectivity index (χ3n) is 5.65. The van der Waals surface area contributed by atoms with Crippen LogP contribution in [-0.4, -0.2) is 38.7 Å². The van der Waals surface area contributed by atoms with Crippen LogP contribution in [-0.2, 0) is 17.9 Å². The maximum absolute atomic E-state index is 13.1. The first kappa shape index (κ1) is 20.8. The number of fused-ring (bicyclic) bond motifs is 1. The summed E-state index contributed by atoms with van der Waals surface area (Å²) >= 11 is 0. The molecular weight excluding hydrogens is 397 g/mol. The number of carbonyl (C=O) groups is 1. The summed E-state index contributed by atoms with van der Waals surface area (Å²) in [5.74, 6) is 1.11. The maximum atomic E-state index is 13.1. The van der Waals surface area contributed by atoms with E-state index in [1.807, 2.05) is 55.0 Å². The van der Waals surface area contributed by atoms with Gasteiger partial charge in [-0.15, -0.1) is 0 Å². The minimum absolute atomic E-state index is 0.0651. The van der Waals surface area contributed by atoms with E-state index in [2.05, 4.69) is 32.6 Å². The van der Waals surface area contributed by atoms with Crippen molar-refractivity contribution < 1.29 is 9.18 Å². The van der Waals surface area contributed by atoms with Gasteiger partial charge in [-0.05, 0) is 31.5 Å². The monoisotopic (exact) mass is 423 g/mol. The molecule has 0 spiro atoms. The third kappa shape index (κ3) is 4.35. The number of anilines is 3. The fraction of sp³-hybridized carbons (Fsp3) is 0.364. The van der Waals surface area contributed by atoms with E-state index >= 15 is 0 Å². The van der Waals surface area contributed by atoms with Crippen LogP contribution in [0.15, 0.2) is 36.7 Å². The minimum atomic E-state index is -0.295. The Balaban J connectivity index is 1.41. The molecule has 0 fully saturated rings. The van der Waals surface area contributed by atoms with Gasteiger partial charge < -0.3 is 15.5 Å². The molecule has 0 saturated heterocycles. The summed E-state index contributed by atoms with van der Waals surface area (Å²) in [7, 11) is 1.85. The lowest BCUT2D eigenvalue weighted by molar-refractivity contribution is -0.117. The van der Waals surface area contributed by atoms with Crippen LogP contribution in [0.3, 0.4) is 0 Å². The zero-order chi connectivity index (χ0) is 22.1. The van der Waals surface area contributed by atoms with Crippen molar-refractivity contribution in [1.29, 1.82) is 0 Å². The van der Waals surface area contributed by atoms with Crippen molar-refractivity contribution in [2.75, 3.05) is 22.6 Å². The number of amides is 1. The number of benzene rings is 1. The average molecular weight is 423 g/mol. The van der Waals surface area contributed by atoms with E-state index < -0.39 is 0 Å². The number of hydrogen-bond donors (Lipinski definition) is 2. The Bertz CT molecular complexity index is 1100. The van der Waals surface area contributed by atoms with Crippen molar-refractivity contribution >= 4 is 23.4 Å².